The fourth-order valence-corrected chi connectivity index (χ4v) is 0.790. The Balaban J connectivity index is 3.70. The zero-order chi connectivity index (χ0) is 8.85. The standard InChI is InChI=1S/C7H16O4/c1-5(4-9)7(11)6(10)2-3-8/h5-11H,2-4H2,1H3. The van der Waals surface area contributed by atoms with Crippen LogP contribution < -0.4 is 0 Å². The molecule has 0 spiro atoms. The maximum Gasteiger partial charge on any atom is 0.0847 e. The third-order valence-electron chi connectivity index (χ3n) is 1.69. The van der Waals surface area contributed by atoms with Gasteiger partial charge in [0.1, 0.15) is 0 Å². The molecule has 0 saturated carbocycles. The first kappa shape index (κ1) is 10.8. The Morgan fingerprint density at radius 1 is 1.18 bits per heavy atom. The summed E-state index contributed by atoms with van der Waals surface area (Å²) in [6.07, 6.45) is -1.75. The molecule has 3 atom stereocenters. The fourth-order valence-electron chi connectivity index (χ4n) is 0.790. The molecular weight excluding hydrogens is 148 g/mol. The van der Waals surface area contributed by atoms with E-state index in [1.165, 1.54) is 0 Å². The molecule has 0 aliphatic heterocycles. The predicted molar refractivity (Wildman–Crippen MR) is 40.0 cm³/mol. The van der Waals surface area contributed by atoms with Crippen LogP contribution in [0.2, 0.25) is 0 Å². The highest BCUT2D eigenvalue weighted by Crippen LogP contribution is 2.08. The second-order valence-corrected chi connectivity index (χ2v) is 2.73. The SMILES string of the molecule is CC(CO)C(O)C(O)CCO. The molecule has 0 amide bonds. The fraction of sp³-hybridized carbons (Fsp3) is 1.00. The highest BCUT2D eigenvalue weighted by Gasteiger charge is 2.21. The number of rotatable bonds is 5. The molecule has 4 nitrogen and oxygen atoms in total. The van der Waals surface area contributed by atoms with E-state index in [1.807, 2.05) is 0 Å². The van der Waals surface area contributed by atoms with Crippen LogP contribution >= 0.6 is 0 Å². The van der Waals surface area contributed by atoms with Crippen molar-refractivity contribution in [3.05, 3.63) is 0 Å². The third kappa shape index (κ3) is 3.67. The maximum absolute atomic E-state index is 9.20. The quantitative estimate of drug-likeness (QED) is 0.408. The van der Waals surface area contributed by atoms with Gasteiger partial charge in [-0.15, -0.1) is 0 Å². The van der Waals surface area contributed by atoms with Gasteiger partial charge in [0.2, 0.25) is 0 Å². The lowest BCUT2D eigenvalue weighted by molar-refractivity contribution is -0.0358. The minimum absolute atomic E-state index is 0.144. The van der Waals surface area contributed by atoms with Crippen LogP contribution in [0.15, 0.2) is 0 Å². The first-order chi connectivity index (χ1) is 5.13. The van der Waals surface area contributed by atoms with Gasteiger partial charge in [0.05, 0.1) is 12.2 Å². The highest BCUT2D eigenvalue weighted by atomic mass is 16.3. The molecule has 4 N–H and O–H groups in total. The average molecular weight is 164 g/mol. The normalized spacial score (nSPS) is 19.4. The average Bonchev–Trinajstić information content (AvgIpc) is 2.02. The molecular formula is C7H16O4. The van der Waals surface area contributed by atoms with Gasteiger partial charge in [-0.05, 0) is 6.42 Å². The molecule has 0 aromatic heterocycles. The topological polar surface area (TPSA) is 80.9 Å². The van der Waals surface area contributed by atoms with Crippen LogP contribution in [-0.2, 0) is 0 Å². The van der Waals surface area contributed by atoms with Crippen LogP contribution in [0.5, 0.6) is 0 Å². The largest absolute Gasteiger partial charge is 0.396 e. The molecule has 0 saturated heterocycles. The smallest absolute Gasteiger partial charge is 0.0847 e. The summed E-state index contributed by atoms with van der Waals surface area (Å²) in [4.78, 5) is 0. The molecule has 0 aliphatic rings. The lowest BCUT2D eigenvalue weighted by Gasteiger charge is -2.21. The Morgan fingerprint density at radius 2 is 1.73 bits per heavy atom. The maximum atomic E-state index is 9.20. The van der Waals surface area contributed by atoms with Crippen molar-refractivity contribution < 1.29 is 20.4 Å². The number of hydrogen-bond donors (Lipinski definition) is 4. The van der Waals surface area contributed by atoms with E-state index in [9.17, 15) is 5.11 Å². The molecule has 0 aromatic carbocycles. The van der Waals surface area contributed by atoms with Crippen LogP contribution in [0.3, 0.4) is 0 Å². The van der Waals surface area contributed by atoms with Gasteiger partial charge in [0.15, 0.2) is 0 Å². The highest BCUT2D eigenvalue weighted by molar-refractivity contribution is 4.71. The van der Waals surface area contributed by atoms with E-state index in [1.54, 1.807) is 6.92 Å². The molecule has 0 bridgehead atoms. The van der Waals surface area contributed by atoms with Gasteiger partial charge in [0, 0.05) is 19.1 Å². The number of aliphatic hydroxyl groups is 4. The van der Waals surface area contributed by atoms with E-state index in [4.69, 9.17) is 15.3 Å². The summed E-state index contributed by atoms with van der Waals surface area (Å²) in [7, 11) is 0. The van der Waals surface area contributed by atoms with E-state index < -0.39 is 12.2 Å². The van der Waals surface area contributed by atoms with Crippen LogP contribution in [0.25, 0.3) is 0 Å². The van der Waals surface area contributed by atoms with Crippen molar-refractivity contribution in [1.29, 1.82) is 0 Å². The Kier molecular flexibility index (Phi) is 5.41. The van der Waals surface area contributed by atoms with Gasteiger partial charge >= 0.3 is 0 Å². The van der Waals surface area contributed by atoms with E-state index in [0.717, 1.165) is 0 Å². The monoisotopic (exact) mass is 164 g/mol. The van der Waals surface area contributed by atoms with Gasteiger partial charge in [-0.1, -0.05) is 6.92 Å². The summed E-state index contributed by atoms with van der Waals surface area (Å²) >= 11 is 0. The molecule has 68 valence electrons. The van der Waals surface area contributed by atoms with Crippen molar-refractivity contribution in [3.63, 3.8) is 0 Å². The Morgan fingerprint density at radius 3 is 2.09 bits per heavy atom. The minimum atomic E-state index is -0.952. The summed E-state index contributed by atoms with van der Waals surface area (Å²) in [6.45, 7) is 1.31. The van der Waals surface area contributed by atoms with Gasteiger partial charge in [0.25, 0.3) is 0 Å². The first-order valence-corrected chi connectivity index (χ1v) is 3.71. The Labute approximate surface area is 66.1 Å². The van der Waals surface area contributed by atoms with Gasteiger partial charge in [-0.25, -0.2) is 0 Å². The van der Waals surface area contributed by atoms with Crippen LogP contribution in [0.1, 0.15) is 13.3 Å². The summed E-state index contributed by atoms with van der Waals surface area (Å²) in [6, 6.07) is 0. The van der Waals surface area contributed by atoms with Crippen molar-refractivity contribution >= 4 is 0 Å². The summed E-state index contributed by atoms with van der Waals surface area (Å²) in [5, 5.41) is 35.3. The molecule has 3 unspecified atom stereocenters. The van der Waals surface area contributed by atoms with E-state index in [0.29, 0.717) is 0 Å². The number of hydrogen-bond acceptors (Lipinski definition) is 4. The molecule has 0 rings (SSSR count). The lowest BCUT2D eigenvalue weighted by Crippen LogP contribution is -2.34. The second-order valence-electron chi connectivity index (χ2n) is 2.73. The lowest BCUT2D eigenvalue weighted by atomic mass is 9.99. The molecule has 0 fully saturated rings. The van der Waals surface area contributed by atoms with Crippen molar-refractivity contribution in [2.75, 3.05) is 13.2 Å². The molecule has 0 heterocycles. The first-order valence-electron chi connectivity index (χ1n) is 3.71. The Bertz CT molecular complexity index is 96.4. The molecule has 0 radical (unpaired) electrons. The molecule has 4 heteroatoms. The Hall–Kier alpha value is -0.160. The minimum Gasteiger partial charge on any atom is -0.396 e. The zero-order valence-electron chi connectivity index (χ0n) is 6.64. The van der Waals surface area contributed by atoms with E-state index >= 15 is 0 Å². The molecule has 0 aliphatic carbocycles. The van der Waals surface area contributed by atoms with E-state index in [2.05, 4.69) is 0 Å². The summed E-state index contributed by atoms with van der Waals surface area (Å²) < 4.78 is 0. The molecule has 11 heavy (non-hydrogen) atoms. The van der Waals surface area contributed by atoms with Crippen molar-refractivity contribution in [3.8, 4) is 0 Å². The van der Waals surface area contributed by atoms with Crippen LogP contribution in [0, 0.1) is 5.92 Å². The van der Waals surface area contributed by atoms with Gasteiger partial charge < -0.3 is 20.4 Å². The van der Waals surface area contributed by atoms with Crippen molar-refractivity contribution in [2.45, 2.75) is 25.6 Å². The summed E-state index contributed by atoms with van der Waals surface area (Å²) in [5.41, 5.74) is 0. The van der Waals surface area contributed by atoms with Crippen LogP contribution in [0.4, 0.5) is 0 Å². The zero-order valence-corrected chi connectivity index (χ0v) is 6.64. The van der Waals surface area contributed by atoms with Gasteiger partial charge in [-0.3, -0.25) is 0 Å². The van der Waals surface area contributed by atoms with Crippen LogP contribution in [-0.4, -0.2) is 45.8 Å². The second kappa shape index (κ2) is 5.49. The van der Waals surface area contributed by atoms with Crippen molar-refractivity contribution in [1.82, 2.24) is 0 Å². The number of aliphatic hydroxyl groups excluding tert-OH is 4. The molecule has 0 aromatic rings. The predicted octanol–water partition coefficient (Wildman–Crippen LogP) is -1.28. The van der Waals surface area contributed by atoms with E-state index in [-0.39, 0.29) is 25.6 Å². The van der Waals surface area contributed by atoms with Gasteiger partial charge in [-0.2, -0.15) is 0 Å². The third-order valence-corrected chi connectivity index (χ3v) is 1.69. The summed E-state index contributed by atoms with van der Waals surface area (Å²) in [5.74, 6) is -0.350. The van der Waals surface area contributed by atoms with Crippen molar-refractivity contribution in [2.24, 2.45) is 5.92 Å².